The summed E-state index contributed by atoms with van der Waals surface area (Å²) in [6.45, 7) is 1.62. The number of nitrogens with zero attached hydrogens (tertiary/aromatic N) is 3. The van der Waals surface area contributed by atoms with Gasteiger partial charge in [0, 0.05) is 45.1 Å². The topological polar surface area (TPSA) is 113 Å². The minimum Gasteiger partial charge on any atom is -0.496 e. The second-order valence-electron chi connectivity index (χ2n) is 8.23. The van der Waals surface area contributed by atoms with Crippen LogP contribution in [0.25, 0.3) is 11.0 Å². The molecule has 2 aromatic carbocycles. The van der Waals surface area contributed by atoms with E-state index in [0.29, 0.717) is 36.8 Å². The van der Waals surface area contributed by atoms with E-state index in [1.165, 1.54) is 19.1 Å². The minimum atomic E-state index is -0.457. The molecule has 2 heterocycles. The van der Waals surface area contributed by atoms with Crippen molar-refractivity contribution in [2.45, 2.75) is 11.4 Å². The Kier molecular flexibility index (Phi) is 7.96. The lowest BCUT2D eigenvalue weighted by Crippen LogP contribution is -2.29. The van der Waals surface area contributed by atoms with Crippen molar-refractivity contribution in [3.63, 3.8) is 0 Å². The molecular formula is C24H30N6O5S. The van der Waals surface area contributed by atoms with E-state index in [-0.39, 0.29) is 0 Å². The van der Waals surface area contributed by atoms with Gasteiger partial charge in [-0.3, -0.25) is 0 Å². The smallest absolute Gasteiger partial charge is 0.407 e. The van der Waals surface area contributed by atoms with Crippen molar-refractivity contribution >= 4 is 40.5 Å². The van der Waals surface area contributed by atoms with Gasteiger partial charge in [0.25, 0.3) is 0 Å². The van der Waals surface area contributed by atoms with Crippen LogP contribution in [0.4, 0.5) is 16.3 Å². The number of methoxy groups -OCH3 is 3. The second-order valence-corrected chi connectivity index (χ2v) is 9.08. The molecule has 11 nitrogen and oxygen atoms in total. The van der Waals surface area contributed by atoms with Gasteiger partial charge in [-0.05, 0) is 47.3 Å². The van der Waals surface area contributed by atoms with Crippen molar-refractivity contribution in [1.29, 1.82) is 0 Å². The summed E-state index contributed by atoms with van der Waals surface area (Å²) < 4.78 is 24.7. The summed E-state index contributed by atoms with van der Waals surface area (Å²) in [4.78, 5) is 14.2. The summed E-state index contributed by atoms with van der Waals surface area (Å²) in [7, 11) is 8.58. The summed E-state index contributed by atoms with van der Waals surface area (Å²) in [5.74, 6) is 1.97. The normalized spacial score (nSPS) is 12.9. The lowest BCUT2D eigenvalue weighted by Gasteiger charge is -2.16. The number of fused-ring (bicyclic) bond motifs is 1. The zero-order valence-corrected chi connectivity index (χ0v) is 21.7. The Balaban J connectivity index is 1.48. The molecule has 0 saturated heterocycles. The SMILES string of the molecule is COC(=O)NCC1=CN(Cc2cc(OC)c3c(NSc4ccc(N(C)C)cc4OC)noc3c2)NC1. The molecular weight excluding hydrogens is 484 g/mol. The zero-order chi connectivity index (χ0) is 25.7. The van der Waals surface area contributed by atoms with Gasteiger partial charge in [0.15, 0.2) is 11.4 Å². The fourth-order valence-electron chi connectivity index (χ4n) is 3.71. The molecule has 1 amide bonds. The van der Waals surface area contributed by atoms with Crippen LogP contribution in [-0.2, 0) is 11.3 Å². The Hall–Kier alpha value is -3.77. The van der Waals surface area contributed by atoms with E-state index in [1.807, 2.05) is 60.5 Å². The average molecular weight is 515 g/mol. The van der Waals surface area contributed by atoms with Crippen LogP contribution in [0.2, 0.25) is 0 Å². The highest BCUT2D eigenvalue weighted by atomic mass is 32.2. The fraction of sp³-hybridized carbons (Fsp3) is 0.333. The predicted octanol–water partition coefficient (Wildman–Crippen LogP) is 3.59. The maximum atomic E-state index is 11.3. The number of hydrazine groups is 1. The van der Waals surface area contributed by atoms with Gasteiger partial charge < -0.3 is 38.7 Å². The highest BCUT2D eigenvalue weighted by molar-refractivity contribution is 8.00. The number of aromatic nitrogens is 1. The van der Waals surface area contributed by atoms with E-state index in [4.69, 9.17) is 14.0 Å². The van der Waals surface area contributed by atoms with Crippen LogP contribution in [0.15, 0.2) is 51.5 Å². The third-order valence-corrected chi connectivity index (χ3v) is 6.44. The highest BCUT2D eigenvalue weighted by Gasteiger charge is 2.19. The summed E-state index contributed by atoms with van der Waals surface area (Å²) in [5.41, 5.74) is 6.94. The quantitative estimate of drug-likeness (QED) is 0.345. The molecule has 1 aromatic heterocycles. The van der Waals surface area contributed by atoms with Crippen LogP contribution in [0, 0.1) is 0 Å². The van der Waals surface area contributed by atoms with Gasteiger partial charge in [-0.15, -0.1) is 0 Å². The molecule has 1 aliphatic heterocycles. The number of ether oxygens (including phenoxy) is 3. The third kappa shape index (κ3) is 5.71. The molecule has 0 bridgehead atoms. The Labute approximate surface area is 213 Å². The monoisotopic (exact) mass is 514 g/mol. The van der Waals surface area contributed by atoms with Crippen molar-refractivity contribution in [3.8, 4) is 11.5 Å². The molecule has 0 unspecified atom stereocenters. The predicted molar refractivity (Wildman–Crippen MR) is 139 cm³/mol. The van der Waals surface area contributed by atoms with E-state index in [1.54, 1.807) is 14.2 Å². The summed E-state index contributed by atoms with van der Waals surface area (Å²) in [6, 6.07) is 9.90. The lowest BCUT2D eigenvalue weighted by atomic mass is 10.1. The number of amides is 1. The molecule has 12 heteroatoms. The van der Waals surface area contributed by atoms with Crippen molar-refractivity contribution in [3.05, 3.63) is 47.7 Å². The van der Waals surface area contributed by atoms with Gasteiger partial charge in [0.05, 0.1) is 32.8 Å². The highest BCUT2D eigenvalue weighted by Crippen LogP contribution is 2.38. The van der Waals surface area contributed by atoms with Crippen molar-refractivity contribution in [1.82, 2.24) is 20.9 Å². The number of rotatable bonds is 10. The fourth-order valence-corrected chi connectivity index (χ4v) is 4.44. The van der Waals surface area contributed by atoms with Crippen molar-refractivity contribution in [2.24, 2.45) is 0 Å². The van der Waals surface area contributed by atoms with Crippen LogP contribution >= 0.6 is 11.9 Å². The number of hydrogen-bond acceptors (Lipinski definition) is 11. The number of hydrogen-bond donors (Lipinski definition) is 3. The van der Waals surface area contributed by atoms with Crippen LogP contribution in [0.5, 0.6) is 11.5 Å². The van der Waals surface area contributed by atoms with Gasteiger partial charge >= 0.3 is 6.09 Å². The number of carbonyl (C=O) groups is 1. The molecule has 192 valence electrons. The van der Waals surface area contributed by atoms with Gasteiger partial charge in [0.1, 0.15) is 16.9 Å². The number of nitrogens with one attached hydrogen (secondary N) is 3. The molecule has 4 rings (SSSR count). The molecule has 0 spiro atoms. The van der Waals surface area contributed by atoms with Crippen LogP contribution in [0.3, 0.4) is 0 Å². The Morgan fingerprint density at radius 1 is 1.19 bits per heavy atom. The number of carbonyl (C=O) groups excluding carboxylic acids is 1. The van der Waals surface area contributed by atoms with E-state index in [9.17, 15) is 4.79 Å². The van der Waals surface area contributed by atoms with Crippen LogP contribution < -0.4 is 29.8 Å². The third-order valence-electron chi connectivity index (χ3n) is 5.58. The lowest BCUT2D eigenvalue weighted by molar-refractivity contribution is 0.172. The van der Waals surface area contributed by atoms with E-state index >= 15 is 0 Å². The number of anilines is 2. The zero-order valence-electron chi connectivity index (χ0n) is 20.9. The van der Waals surface area contributed by atoms with E-state index in [0.717, 1.165) is 32.9 Å². The van der Waals surface area contributed by atoms with E-state index in [2.05, 4.69) is 25.4 Å². The molecule has 3 N–H and O–H groups in total. The molecule has 0 atom stereocenters. The van der Waals surface area contributed by atoms with Gasteiger partial charge in [0.2, 0.25) is 0 Å². The maximum Gasteiger partial charge on any atom is 0.407 e. The molecule has 0 saturated carbocycles. The molecule has 36 heavy (non-hydrogen) atoms. The van der Waals surface area contributed by atoms with Gasteiger partial charge in [-0.2, -0.15) is 0 Å². The van der Waals surface area contributed by atoms with Crippen LogP contribution in [-0.4, -0.2) is 64.8 Å². The first-order valence-corrected chi connectivity index (χ1v) is 12.0. The second kappa shape index (κ2) is 11.3. The first kappa shape index (κ1) is 25.3. The van der Waals surface area contributed by atoms with Crippen molar-refractivity contribution in [2.75, 3.05) is 58.1 Å². The van der Waals surface area contributed by atoms with E-state index < -0.39 is 6.09 Å². The van der Waals surface area contributed by atoms with Gasteiger partial charge in [-0.1, -0.05) is 5.16 Å². The molecule has 3 aromatic rings. The summed E-state index contributed by atoms with van der Waals surface area (Å²) in [6.07, 6.45) is 1.51. The van der Waals surface area contributed by atoms with Gasteiger partial charge in [-0.25, -0.2) is 10.2 Å². The number of alkyl carbamates (subject to hydrolysis) is 1. The Morgan fingerprint density at radius 3 is 2.72 bits per heavy atom. The molecule has 0 aliphatic carbocycles. The molecule has 0 radical (unpaired) electrons. The number of benzene rings is 2. The Bertz CT molecular complexity index is 1260. The Morgan fingerprint density at radius 2 is 2.00 bits per heavy atom. The first-order chi connectivity index (χ1) is 17.4. The minimum absolute atomic E-state index is 0.413. The standard InChI is InChI=1S/C24H30N6O5S/c1-29(2)17-6-7-21(18(10-17)32-3)36-28-23-22-19(33-4)8-15(9-20(22)35-27-23)13-30-14-16(12-26-30)11-25-24(31)34-5/h6-10,14,26H,11-13H2,1-5H3,(H,25,31)(H,27,28). The van der Waals surface area contributed by atoms with Crippen LogP contribution in [0.1, 0.15) is 5.56 Å². The largest absolute Gasteiger partial charge is 0.496 e. The summed E-state index contributed by atoms with van der Waals surface area (Å²) >= 11 is 1.39. The first-order valence-electron chi connectivity index (χ1n) is 11.2. The van der Waals surface area contributed by atoms with Crippen molar-refractivity contribution < 1.29 is 23.5 Å². The maximum absolute atomic E-state index is 11.3. The average Bonchev–Trinajstić information content (AvgIpc) is 3.51. The molecule has 0 fully saturated rings. The molecule has 1 aliphatic rings. The summed E-state index contributed by atoms with van der Waals surface area (Å²) in [5, 5.41) is 9.61.